The van der Waals surface area contributed by atoms with E-state index in [1.807, 2.05) is 0 Å². The Morgan fingerprint density at radius 3 is 1.35 bits per heavy atom. The summed E-state index contributed by atoms with van der Waals surface area (Å²) in [5.74, 6) is 12.5. The van der Waals surface area contributed by atoms with Crippen LogP contribution in [0.15, 0.2) is 0 Å². The van der Waals surface area contributed by atoms with E-state index in [9.17, 15) is 0 Å². The van der Waals surface area contributed by atoms with Crippen molar-refractivity contribution in [2.24, 2.45) is 0 Å². The second-order valence-electron chi connectivity index (χ2n) is 5.39. The molecule has 0 saturated heterocycles. The number of ether oxygens (including phenoxy) is 1. The van der Waals surface area contributed by atoms with Crippen LogP contribution in [-0.4, -0.2) is 11.2 Å². The zero-order valence-corrected chi connectivity index (χ0v) is 12.2. The van der Waals surface area contributed by atoms with Crippen molar-refractivity contribution in [2.45, 2.75) is 78.4 Å². The summed E-state index contributed by atoms with van der Waals surface area (Å²) in [5, 5.41) is 0. The molecule has 0 radical (unpaired) electrons. The molecule has 1 heteroatoms. The molecule has 1 nitrogen and oxygen atoms in total. The SMILES string of the molecule is CCC#CCC(C)(C)OC(C)(C)CC#CCC. The standard InChI is InChI=1S/C16H26O/c1-7-9-11-13-15(3,4)17-16(5,6)14-12-10-8-2/h7-8,13-14H2,1-6H3. The van der Waals surface area contributed by atoms with E-state index in [4.69, 9.17) is 4.74 Å². The van der Waals surface area contributed by atoms with E-state index in [1.165, 1.54) is 0 Å². The molecule has 0 unspecified atom stereocenters. The van der Waals surface area contributed by atoms with Crippen molar-refractivity contribution in [2.75, 3.05) is 0 Å². The lowest BCUT2D eigenvalue weighted by Gasteiger charge is -2.34. The lowest BCUT2D eigenvalue weighted by molar-refractivity contribution is -0.116. The first kappa shape index (κ1) is 16.1. The molecule has 0 bridgehead atoms. The molecule has 0 N–H and O–H groups in total. The predicted molar refractivity (Wildman–Crippen MR) is 74.6 cm³/mol. The van der Waals surface area contributed by atoms with Gasteiger partial charge in [0.15, 0.2) is 0 Å². The molecular weight excluding hydrogens is 208 g/mol. The zero-order valence-electron chi connectivity index (χ0n) is 12.2. The van der Waals surface area contributed by atoms with Crippen LogP contribution in [0.2, 0.25) is 0 Å². The molecule has 0 aliphatic carbocycles. The van der Waals surface area contributed by atoms with Gasteiger partial charge in [-0.15, -0.1) is 23.7 Å². The molecule has 0 amide bonds. The van der Waals surface area contributed by atoms with Gasteiger partial charge in [0.05, 0.1) is 11.2 Å². The molecule has 0 rings (SSSR count). The average Bonchev–Trinajstić information content (AvgIpc) is 2.16. The summed E-state index contributed by atoms with van der Waals surface area (Å²) in [6.45, 7) is 12.5. The van der Waals surface area contributed by atoms with E-state index >= 15 is 0 Å². The molecule has 0 aromatic carbocycles. The summed E-state index contributed by atoms with van der Waals surface area (Å²) in [6.07, 6.45) is 3.35. The van der Waals surface area contributed by atoms with E-state index in [-0.39, 0.29) is 11.2 Å². The third-order valence-electron chi connectivity index (χ3n) is 2.18. The smallest absolute Gasteiger partial charge is 0.0742 e. The topological polar surface area (TPSA) is 9.23 Å². The zero-order chi connectivity index (χ0) is 13.4. The van der Waals surface area contributed by atoms with Crippen molar-refractivity contribution in [1.29, 1.82) is 0 Å². The normalized spacial score (nSPS) is 11.2. The van der Waals surface area contributed by atoms with Gasteiger partial charge in [-0.25, -0.2) is 0 Å². The van der Waals surface area contributed by atoms with Gasteiger partial charge in [-0.3, -0.25) is 0 Å². The van der Waals surface area contributed by atoms with E-state index in [0.717, 1.165) is 25.7 Å². The molecule has 0 spiro atoms. The Kier molecular flexibility index (Phi) is 7.01. The van der Waals surface area contributed by atoms with Crippen molar-refractivity contribution >= 4 is 0 Å². The minimum absolute atomic E-state index is 0.209. The summed E-state index contributed by atoms with van der Waals surface area (Å²) < 4.78 is 6.11. The highest BCUT2D eigenvalue weighted by Gasteiger charge is 2.27. The maximum atomic E-state index is 6.11. The highest BCUT2D eigenvalue weighted by molar-refractivity contribution is 5.04. The predicted octanol–water partition coefficient (Wildman–Crippen LogP) is 4.17. The lowest BCUT2D eigenvalue weighted by atomic mass is 10.00. The maximum absolute atomic E-state index is 6.11. The monoisotopic (exact) mass is 234 g/mol. The first-order valence-electron chi connectivity index (χ1n) is 6.44. The van der Waals surface area contributed by atoms with E-state index in [2.05, 4.69) is 65.2 Å². The highest BCUT2D eigenvalue weighted by atomic mass is 16.5. The van der Waals surface area contributed by atoms with Crippen molar-refractivity contribution in [1.82, 2.24) is 0 Å². The minimum atomic E-state index is -0.209. The Morgan fingerprint density at radius 2 is 1.06 bits per heavy atom. The summed E-state index contributed by atoms with van der Waals surface area (Å²) in [4.78, 5) is 0. The van der Waals surface area contributed by atoms with Crippen LogP contribution in [0, 0.1) is 23.7 Å². The molecule has 0 aromatic rings. The van der Waals surface area contributed by atoms with Crippen LogP contribution < -0.4 is 0 Å². The number of hydrogen-bond acceptors (Lipinski definition) is 1. The molecule has 0 aromatic heterocycles. The molecular formula is C16H26O. The Bertz CT molecular complexity index is 294. The van der Waals surface area contributed by atoms with Crippen LogP contribution in [0.3, 0.4) is 0 Å². The van der Waals surface area contributed by atoms with Crippen molar-refractivity contribution in [3.63, 3.8) is 0 Å². The van der Waals surface area contributed by atoms with Gasteiger partial charge in [-0.2, -0.15) is 0 Å². The van der Waals surface area contributed by atoms with Crippen LogP contribution in [0.4, 0.5) is 0 Å². The quantitative estimate of drug-likeness (QED) is 0.663. The molecule has 0 saturated carbocycles. The Hall–Kier alpha value is -0.920. The molecule has 0 aliphatic heterocycles. The fraction of sp³-hybridized carbons (Fsp3) is 0.750. The molecule has 0 aliphatic rings. The van der Waals surface area contributed by atoms with Gasteiger partial charge >= 0.3 is 0 Å². The van der Waals surface area contributed by atoms with Gasteiger partial charge in [0.2, 0.25) is 0 Å². The average molecular weight is 234 g/mol. The van der Waals surface area contributed by atoms with Gasteiger partial charge in [-0.05, 0) is 27.7 Å². The fourth-order valence-corrected chi connectivity index (χ4v) is 1.62. The molecule has 17 heavy (non-hydrogen) atoms. The van der Waals surface area contributed by atoms with Crippen molar-refractivity contribution < 1.29 is 4.74 Å². The highest BCUT2D eigenvalue weighted by Crippen LogP contribution is 2.25. The summed E-state index contributed by atoms with van der Waals surface area (Å²) in [5.41, 5.74) is -0.418. The largest absolute Gasteiger partial charge is 0.368 e. The Morgan fingerprint density at radius 1 is 0.706 bits per heavy atom. The lowest BCUT2D eigenvalue weighted by Crippen LogP contribution is -2.36. The second kappa shape index (κ2) is 7.41. The van der Waals surface area contributed by atoms with E-state index in [1.54, 1.807) is 0 Å². The third-order valence-corrected chi connectivity index (χ3v) is 2.18. The first-order chi connectivity index (χ1) is 7.83. The third kappa shape index (κ3) is 8.84. The summed E-state index contributed by atoms with van der Waals surface area (Å²) >= 11 is 0. The van der Waals surface area contributed by atoms with E-state index < -0.39 is 0 Å². The van der Waals surface area contributed by atoms with Gasteiger partial charge in [0, 0.05) is 25.7 Å². The second-order valence-corrected chi connectivity index (χ2v) is 5.39. The minimum Gasteiger partial charge on any atom is -0.368 e. The van der Waals surface area contributed by atoms with Gasteiger partial charge < -0.3 is 4.74 Å². The van der Waals surface area contributed by atoms with E-state index in [0.29, 0.717) is 0 Å². The van der Waals surface area contributed by atoms with Crippen molar-refractivity contribution in [3.8, 4) is 23.7 Å². The van der Waals surface area contributed by atoms with Crippen LogP contribution in [0.25, 0.3) is 0 Å². The van der Waals surface area contributed by atoms with Gasteiger partial charge in [-0.1, -0.05) is 13.8 Å². The molecule has 0 heterocycles. The molecule has 96 valence electrons. The van der Waals surface area contributed by atoms with Crippen LogP contribution in [0.5, 0.6) is 0 Å². The Labute approximate surface area is 107 Å². The fourth-order valence-electron chi connectivity index (χ4n) is 1.62. The number of hydrogen-bond donors (Lipinski definition) is 0. The van der Waals surface area contributed by atoms with Crippen molar-refractivity contribution in [3.05, 3.63) is 0 Å². The van der Waals surface area contributed by atoms with Crippen LogP contribution >= 0.6 is 0 Å². The van der Waals surface area contributed by atoms with Crippen LogP contribution in [-0.2, 0) is 4.74 Å². The summed E-state index contributed by atoms with van der Waals surface area (Å²) in [6, 6.07) is 0. The Balaban J connectivity index is 4.36. The first-order valence-corrected chi connectivity index (χ1v) is 6.44. The van der Waals surface area contributed by atoms with Gasteiger partial charge in [0.25, 0.3) is 0 Å². The van der Waals surface area contributed by atoms with Gasteiger partial charge in [0.1, 0.15) is 0 Å². The molecule has 0 fully saturated rings. The van der Waals surface area contributed by atoms with Crippen LogP contribution in [0.1, 0.15) is 67.2 Å². The molecule has 0 atom stereocenters. The maximum Gasteiger partial charge on any atom is 0.0742 e. The summed E-state index contributed by atoms with van der Waals surface area (Å²) in [7, 11) is 0. The number of rotatable bonds is 4.